The van der Waals surface area contributed by atoms with Crippen molar-refractivity contribution < 1.29 is 28.2 Å². The molecule has 2 aromatic carbocycles. The van der Waals surface area contributed by atoms with Crippen LogP contribution in [0.25, 0.3) is 0 Å². The van der Waals surface area contributed by atoms with Gasteiger partial charge < -0.3 is 18.6 Å². The average Bonchev–Trinajstić information content (AvgIpc) is 3.53. The first kappa shape index (κ1) is 21.1. The number of hydrogen-bond acceptors (Lipinski definition) is 7. The fourth-order valence-corrected chi connectivity index (χ4v) is 3.81. The van der Waals surface area contributed by atoms with Crippen molar-refractivity contribution in [3.63, 3.8) is 0 Å². The van der Waals surface area contributed by atoms with Crippen molar-refractivity contribution in [2.45, 2.75) is 18.6 Å². The van der Waals surface area contributed by atoms with Crippen molar-refractivity contribution in [2.24, 2.45) is 5.10 Å². The van der Waals surface area contributed by atoms with Gasteiger partial charge in [-0.3, -0.25) is 4.79 Å². The van der Waals surface area contributed by atoms with Crippen LogP contribution in [0.2, 0.25) is 5.02 Å². The molecular weight excluding hydrogens is 448 g/mol. The lowest BCUT2D eigenvalue weighted by atomic mass is 10.0. The summed E-state index contributed by atoms with van der Waals surface area (Å²) in [5.41, 5.74) is 1.54. The number of rotatable bonds is 5. The Labute approximate surface area is 194 Å². The van der Waals surface area contributed by atoms with Crippen LogP contribution < -0.4 is 9.47 Å². The summed E-state index contributed by atoms with van der Waals surface area (Å²) < 4.78 is 21.9. The molecule has 1 amide bonds. The predicted molar refractivity (Wildman–Crippen MR) is 118 cm³/mol. The van der Waals surface area contributed by atoms with E-state index in [-0.39, 0.29) is 6.61 Å². The summed E-state index contributed by atoms with van der Waals surface area (Å²) in [6.45, 7) is -0.489. The molecule has 168 valence electrons. The molecule has 33 heavy (non-hydrogen) atoms. The Morgan fingerprint density at radius 3 is 2.61 bits per heavy atom. The number of carbonyl (C=O) groups excluding carboxylic acids is 2. The minimum absolute atomic E-state index is 0.00163. The van der Waals surface area contributed by atoms with E-state index >= 15 is 0 Å². The fourth-order valence-electron chi connectivity index (χ4n) is 3.69. The molecule has 0 radical (unpaired) electrons. The third-order valence-corrected chi connectivity index (χ3v) is 5.58. The first-order valence-corrected chi connectivity index (χ1v) is 10.7. The van der Waals surface area contributed by atoms with Crippen molar-refractivity contribution in [1.82, 2.24) is 5.01 Å². The summed E-state index contributed by atoms with van der Waals surface area (Å²) in [6, 6.07) is 17.3. The van der Waals surface area contributed by atoms with Crippen LogP contribution in [0.3, 0.4) is 0 Å². The monoisotopic (exact) mass is 466 g/mol. The lowest BCUT2D eigenvalue weighted by molar-refractivity contribution is -0.160. The minimum Gasteiger partial charge on any atom is -0.485 e. The second kappa shape index (κ2) is 8.99. The van der Waals surface area contributed by atoms with Gasteiger partial charge in [0.2, 0.25) is 6.10 Å². The fraction of sp³-hybridized carbons (Fsp3) is 0.208. The van der Waals surface area contributed by atoms with Gasteiger partial charge in [0.15, 0.2) is 18.1 Å². The van der Waals surface area contributed by atoms with Crippen LogP contribution >= 0.6 is 11.6 Å². The van der Waals surface area contributed by atoms with E-state index in [2.05, 4.69) is 5.10 Å². The quantitative estimate of drug-likeness (QED) is 0.528. The molecule has 1 aromatic heterocycles. The number of hydrazone groups is 1. The molecule has 2 unspecified atom stereocenters. The molecule has 0 saturated carbocycles. The van der Waals surface area contributed by atoms with Crippen LogP contribution in [0.4, 0.5) is 0 Å². The smallest absolute Gasteiger partial charge is 0.351 e. The largest absolute Gasteiger partial charge is 0.485 e. The number of ether oxygens (including phenoxy) is 3. The maximum atomic E-state index is 13.0. The highest BCUT2D eigenvalue weighted by molar-refractivity contribution is 6.30. The van der Waals surface area contributed by atoms with Gasteiger partial charge >= 0.3 is 5.97 Å². The van der Waals surface area contributed by atoms with Gasteiger partial charge in [-0.1, -0.05) is 35.9 Å². The number of carbonyl (C=O) groups is 2. The Morgan fingerprint density at radius 2 is 1.85 bits per heavy atom. The highest BCUT2D eigenvalue weighted by Gasteiger charge is 2.36. The zero-order valence-corrected chi connectivity index (χ0v) is 18.1. The van der Waals surface area contributed by atoms with Gasteiger partial charge in [0, 0.05) is 11.4 Å². The summed E-state index contributed by atoms with van der Waals surface area (Å²) >= 11 is 5.98. The van der Waals surface area contributed by atoms with Crippen LogP contribution in [0.1, 0.15) is 23.8 Å². The Balaban J connectivity index is 1.27. The maximum absolute atomic E-state index is 13.0. The SMILES string of the molecule is O=C(OCC(=O)N1N=C(c2ccc(Cl)cc2)CC1c1ccco1)C1COc2ccccc2O1. The average molecular weight is 467 g/mol. The molecule has 0 bridgehead atoms. The van der Waals surface area contributed by atoms with Gasteiger partial charge in [0.25, 0.3) is 5.91 Å². The molecular formula is C24H19ClN2O6. The number of furan rings is 1. The van der Waals surface area contributed by atoms with Crippen LogP contribution in [0.5, 0.6) is 11.5 Å². The number of amides is 1. The van der Waals surface area contributed by atoms with Crippen LogP contribution in [-0.2, 0) is 14.3 Å². The Morgan fingerprint density at radius 1 is 1.06 bits per heavy atom. The zero-order valence-electron chi connectivity index (χ0n) is 17.3. The van der Waals surface area contributed by atoms with Gasteiger partial charge in [0.05, 0.1) is 12.0 Å². The Bertz CT molecular complexity index is 1190. The van der Waals surface area contributed by atoms with Crippen molar-refractivity contribution in [3.05, 3.63) is 83.3 Å². The van der Waals surface area contributed by atoms with Crippen molar-refractivity contribution in [2.75, 3.05) is 13.2 Å². The maximum Gasteiger partial charge on any atom is 0.351 e. The Kier molecular flexibility index (Phi) is 5.75. The van der Waals surface area contributed by atoms with Crippen LogP contribution in [0.15, 0.2) is 76.4 Å². The highest BCUT2D eigenvalue weighted by atomic mass is 35.5. The van der Waals surface area contributed by atoms with Gasteiger partial charge in [-0.2, -0.15) is 5.10 Å². The molecule has 2 aliphatic heterocycles. The molecule has 2 aliphatic rings. The van der Waals surface area contributed by atoms with Crippen LogP contribution in [-0.4, -0.2) is 41.9 Å². The third-order valence-electron chi connectivity index (χ3n) is 5.32. The van der Waals surface area contributed by atoms with Gasteiger partial charge in [-0.25, -0.2) is 9.80 Å². The summed E-state index contributed by atoms with van der Waals surface area (Å²) in [5.74, 6) is 0.425. The van der Waals surface area contributed by atoms with Gasteiger partial charge in [-0.05, 0) is 42.0 Å². The van der Waals surface area contributed by atoms with E-state index in [1.54, 1.807) is 42.5 Å². The van der Waals surface area contributed by atoms with E-state index in [9.17, 15) is 9.59 Å². The molecule has 0 aliphatic carbocycles. The second-order valence-corrected chi connectivity index (χ2v) is 7.94. The molecule has 2 atom stereocenters. The van der Waals surface area contributed by atoms with Gasteiger partial charge in [0.1, 0.15) is 18.4 Å². The highest BCUT2D eigenvalue weighted by Crippen LogP contribution is 2.34. The number of benzene rings is 2. The van der Waals surface area contributed by atoms with E-state index in [0.29, 0.717) is 34.4 Å². The second-order valence-electron chi connectivity index (χ2n) is 7.50. The topological polar surface area (TPSA) is 90.6 Å². The van der Waals surface area contributed by atoms with E-state index in [1.165, 1.54) is 11.3 Å². The minimum atomic E-state index is -0.958. The molecule has 0 fully saturated rings. The molecule has 0 N–H and O–H groups in total. The molecule has 9 heteroatoms. The lowest BCUT2D eigenvalue weighted by Gasteiger charge is -2.25. The lowest BCUT2D eigenvalue weighted by Crippen LogP contribution is -2.40. The number of esters is 1. The summed E-state index contributed by atoms with van der Waals surface area (Å²) in [5, 5.41) is 6.40. The van der Waals surface area contributed by atoms with E-state index < -0.39 is 30.6 Å². The third kappa shape index (κ3) is 4.42. The zero-order chi connectivity index (χ0) is 22.8. The van der Waals surface area contributed by atoms with Crippen molar-refractivity contribution in [1.29, 1.82) is 0 Å². The molecule has 3 heterocycles. The number of halogens is 1. The number of nitrogens with zero attached hydrogens (tertiary/aromatic N) is 2. The Hall–Kier alpha value is -3.78. The van der Waals surface area contributed by atoms with Crippen molar-refractivity contribution >= 4 is 29.2 Å². The van der Waals surface area contributed by atoms with E-state index in [1.807, 2.05) is 18.2 Å². The number of hydrogen-bond donors (Lipinski definition) is 0. The van der Waals surface area contributed by atoms with E-state index in [0.717, 1.165) is 5.56 Å². The van der Waals surface area contributed by atoms with E-state index in [4.69, 9.17) is 30.2 Å². The van der Waals surface area contributed by atoms with Crippen LogP contribution in [0, 0.1) is 0 Å². The summed E-state index contributed by atoms with van der Waals surface area (Å²) in [7, 11) is 0. The molecule has 0 spiro atoms. The van der Waals surface area contributed by atoms with Crippen molar-refractivity contribution in [3.8, 4) is 11.5 Å². The molecule has 8 nitrogen and oxygen atoms in total. The normalized spacial score (nSPS) is 19.2. The number of para-hydroxylation sites is 2. The first-order valence-electron chi connectivity index (χ1n) is 10.3. The summed E-state index contributed by atoms with van der Waals surface area (Å²) in [6.07, 6.45) is 1.03. The first-order chi connectivity index (χ1) is 16.1. The number of fused-ring (bicyclic) bond motifs is 1. The molecule has 5 rings (SSSR count). The molecule has 3 aromatic rings. The predicted octanol–water partition coefficient (Wildman–Crippen LogP) is 3.99. The van der Waals surface area contributed by atoms with Gasteiger partial charge in [-0.15, -0.1) is 0 Å². The summed E-state index contributed by atoms with van der Waals surface area (Å²) in [4.78, 5) is 25.5. The molecule has 0 saturated heterocycles. The standard InChI is InChI=1S/C24H19ClN2O6/c25-16-9-7-15(8-10-16)17-12-18(19-6-3-11-30-19)27(26-17)23(28)14-32-24(29)22-13-31-20-4-1-2-5-21(20)33-22/h1-11,18,22H,12-14H2.